The zero-order valence-electron chi connectivity index (χ0n) is 22.0. The van der Waals surface area contributed by atoms with E-state index in [4.69, 9.17) is 14.3 Å². The van der Waals surface area contributed by atoms with Crippen molar-refractivity contribution >= 4 is 48.7 Å². The molecule has 0 aromatic carbocycles. The number of hydrogen-bond donors (Lipinski definition) is 0. The molecule has 3 heterocycles. The summed E-state index contributed by atoms with van der Waals surface area (Å²) >= 11 is 0. The first-order valence-electron chi connectivity index (χ1n) is 12.6. The second-order valence-corrected chi connectivity index (χ2v) is 12.3. The number of hydrogen-bond acceptors (Lipinski definition) is 11. The maximum absolute atomic E-state index is 13.9. The molecule has 3 rings (SSSR count). The van der Waals surface area contributed by atoms with Gasteiger partial charge in [-0.05, 0) is 7.05 Å². The third-order valence-electron chi connectivity index (χ3n) is 6.35. The van der Waals surface area contributed by atoms with Gasteiger partial charge >= 0.3 is 5.97 Å². The van der Waals surface area contributed by atoms with Crippen molar-refractivity contribution in [2.24, 2.45) is 0 Å². The molecule has 1 fully saturated rings. The monoisotopic (exact) mass is 582 g/mol. The van der Waals surface area contributed by atoms with Crippen LogP contribution in [0.5, 0.6) is 0 Å². The lowest BCUT2D eigenvalue weighted by atomic mass is 10.4. The van der Waals surface area contributed by atoms with Crippen LogP contribution in [0, 0.1) is 0 Å². The lowest BCUT2D eigenvalue weighted by molar-refractivity contribution is -0.197. The van der Waals surface area contributed by atoms with E-state index in [1.54, 1.807) is 7.05 Å². The maximum atomic E-state index is 13.9. The Morgan fingerprint density at radius 2 is 1.20 bits per heavy atom. The van der Waals surface area contributed by atoms with Gasteiger partial charge in [0.25, 0.3) is 35.4 Å². The summed E-state index contributed by atoms with van der Waals surface area (Å²) in [6, 6.07) is 0. The Labute approximate surface area is 230 Å². The van der Waals surface area contributed by atoms with Crippen molar-refractivity contribution in [2.45, 2.75) is 19.3 Å². The van der Waals surface area contributed by atoms with Crippen LogP contribution in [0.2, 0.25) is 0 Å². The van der Waals surface area contributed by atoms with Crippen LogP contribution >= 0.6 is 7.29 Å². The number of rotatable bonds is 17. The normalized spacial score (nSPS) is 17.5. The summed E-state index contributed by atoms with van der Waals surface area (Å²) < 4.78 is 26.4. The number of hydroxylamine groups is 2. The van der Waals surface area contributed by atoms with Crippen molar-refractivity contribution in [1.82, 2.24) is 19.5 Å². The molecule has 0 aliphatic carbocycles. The van der Waals surface area contributed by atoms with Gasteiger partial charge in [-0.2, -0.15) is 0 Å². The Balaban J connectivity index is 1.47. The zero-order valence-corrected chi connectivity index (χ0v) is 22.9. The fourth-order valence-electron chi connectivity index (χ4n) is 3.93. The summed E-state index contributed by atoms with van der Waals surface area (Å²) in [6.45, 7) is 0.180. The molecule has 0 atom stereocenters. The Morgan fingerprint density at radius 3 is 1.62 bits per heavy atom. The molecule has 3 aliphatic rings. The molecule has 0 aromatic heterocycles. The van der Waals surface area contributed by atoms with E-state index in [1.165, 1.54) is 4.67 Å². The summed E-state index contributed by atoms with van der Waals surface area (Å²) in [5.41, 5.74) is 0. The molecule has 0 saturated carbocycles. The van der Waals surface area contributed by atoms with E-state index in [0.717, 1.165) is 34.1 Å². The molecular weight excluding hydrogens is 551 g/mol. The van der Waals surface area contributed by atoms with E-state index >= 15 is 0 Å². The van der Waals surface area contributed by atoms with Crippen LogP contribution in [0.15, 0.2) is 24.3 Å². The topological polar surface area (TPSA) is 177 Å². The fourth-order valence-corrected chi connectivity index (χ4v) is 6.13. The average Bonchev–Trinajstić information content (AvgIpc) is 3.53. The Morgan fingerprint density at radius 1 is 0.775 bits per heavy atom. The van der Waals surface area contributed by atoms with Crippen LogP contribution in [0.1, 0.15) is 19.3 Å². The summed E-state index contributed by atoms with van der Waals surface area (Å²) in [5.74, 6) is -3.79. The largest absolute Gasteiger partial charge is 0.379 e. The quantitative estimate of drug-likeness (QED) is 0.117. The van der Waals surface area contributed by atoms with Crippen LogP contribution in [0.4, 0.5) is 0 Å². The highest BCUT2D eigenvalue weighted by molar-refractivity contribution is 7.61. The third-order valence-corrected chi connectivity index (χ3v) is 9.56. The molecule has 16 heteroatoms. The number of carbonyl (C=O) groups excluding carboxylic acids is 7. The van der Waals surface area contributed by atoms with Crippen LogP contribution in [-0.2, 0) is 52.4 Å². The molecular formula is C24H31N4O11P. The van der Waals surface area contributed by atoms with Crippen LogP contribution < -0.4 is 0 Å². The summed E-state index contributed by atoms with van der Waals surface area (Å²) in [7, 11) is -1.66. The predicted molar refractivity (Wildman–Crippen MR) is 135 cm³/mol. The molecule has 6 amide bonds. The first-order valence-corrected chi connectivity index (χ1v) is 14.6. The smallest absolute Gasteiger partial charge is 0.334 e. The summed E-state index contributed by atoms with van der Waals surface area (Å²) in [4.78, 5) is 89.0. The molecule has 0 spiro atoms. The van der Waals surface area contributed by atoms with E-state index in [2.05, 4.69) is 0 Å². The number of nitrogens with zero attached hydrogens (tertiary/aromatic N) is 4. The van der Waals surface area contributed by atoms with E-state index in [0.29, 0.717) is 5.06 Å². The van der Waals surface area contributed by atoms with Crippen molar-refractivity contribution in [3.63, 3.8) is 0 Å². The summed E-state index contributed by atoms with van der Waals surface area (Å²) in [6.07, 6.45) is 4.45. The van der Waals surface area contributed by atoms with Gasteiger partial charge < -0.3 is 18.9 Å². The van der Waals surface area contributed by atoms with Crippen LogP contribution in [0.3, 0.4) is 0 Å². The Bertz CT molecular complexity index is 1060. The molecule has 0 radical (unpaired) electrons. The average molecular weight is 583 g/mol. The molecule has 0 bridgehead atoms. The molecule has 0 N–H and O–H groups in total. The van der Waals surface area contributed by atoms with Gasteiger partial charge in [0, 0.05) is 56.0 Å². The lowest BCUT2D eigenvalue weighted by Crippen LogP contribution is -2.34. The Hall–Kier alpha value is -3.52. The minimum Gasteiger partial charge on any atom is -0.379 e. The highest BCUT2D eigenvalue weighted by Crippen LogP contribution is 2.48. The molecule has 0 unspecified atom stereocenters. The minimum absolute atomic E-state index is 0.0166. The first-order chi connectivity index (χ1) is 19.0. The Kier molecular flexibility index (Phi) is 11.0. The van der Waals surface area contributed by atoms with Gasteiger partial charge in [-0.3, -0.25) is 43.2 Å². The van der Waals surface area contributed by atoms with Crippen molar-refractivity contribution in [2.75, 3.05) is 65.4 Å². The predicted octanol–water partition coefficient (Wildman–Crippen LogP) is -0.923. The number of amides is 6. The number of ether oxygens (including phenoxy) is 2. The first kappa shape index (κ1) is 31.0. The van der Waals surface area contributed by atoms with Gasteiger partial charge in [-0.25, -0.2) is 4.79 Å². The number of imide groups is 3. The van der Waals surface area contributed by atoms with Gasteiger partial charge in [0.1, 0.15) is 0 Å². The van der Waals surface area contributed by atoms with Crippen molar-refractivity contribution < 1.29 is 52.4 Å². The minimum atomic E-state index is -3.20. The third kappa shape index (κ3) is 8.24. The van der Waals surface area contributed by atoms with Crippen molar-refractivity contribution in [3.05, 3.63) is 24.3 Å². The second-order valence-electron chi connectivity index (χ2n) is 9.02. The van der Waals surface area contributed by atoms with Gasteiger partial charge in [-0.1, -0.05) is 0 Å². The molecule has 40 heavy (non-hydrogen) atoms. The standard InChI is InChI=1S/C24H31N4O11P/c1-25(9-8-24(35)39-28-22(33)6-7-23(28)34)40(36,16-14-37-12-10-26-18(29)2-3-19(26)30)17-15-38-13-11-27-20(31)4-5-21(27)32/h2-5H,6-17H2,1H3. The lowest BCUT2D eigenvalue weighted by Gasteiger charge is -2.28. The van der Waals surface area contributed by atoms with Gasteiger partial charge in [-0.15, -0.1) is 5.06 Å². The van der Waals surface area contributed by atoms with Gasteiger partial charge in [0.05, 0.1) is 45.9 Å². The number of carbonyl (C=O) groups is 7. The van der Waals surface area contributed by atoms with E-state index in [1.807, 2.05) is 0 Å². The summed E-state index contributed by atoms with van der Waals surface area (Å²) in [5, 5.41) is 0.445. The highest BCUT2D eigenvalue weighted by Gasteiger charge is 2.34. The SMILES string of the molecule is CN(CCC(=O)ON1C(=O)CCC1=O)P(=O)(CCOCCN1C(=O)C=CC1=O)CCOCCN1C(=O)C=CC1=O. The second kappa shape index (κ2) is 14.2. The molecule has 1 saturated heterocycles. The maximum Gasteiger partial charge on any atom is 0.334 e. The van der Waals surface area contributed by atoms with E-state index in [9.17, 15) is 38.1 Å². The van der Waals surface area contributed by atoms with Gasteiger partial charge in [0.2, 0.25) is 0 Å². The van der Waals surface area contributed by atoms with E-state index in [-0.39, 0.29) is 77.6 Å². The van der Waals surface area contributed by atoms with Gasteiger partial charge in [0.15, 0.2) is 7.29 Å². The zero-order chi connectivity index (χ0) is 29.3. The molecule has 0 aromatic rings. The molecule has 3 aliphatic heterocycles. The van der Waals surface area contributed by atoms with Crippen molar-refractivity contribution in [3.8, 4) is 0 Å². The van der Waals surface area contributed by atoms with Crippen LogP contribution in [-0.4, -0.2) is 126 Å². The fraction of sp³-hybridized carbons (Fsp3) is 0.542. The van der Waals surface area contributed by atoms with Crippen molar-refractivity contribution in [1.29, 1.82) is 0 Å². The molecule has 218 valence electrons. The van der Waals surface area contributed by atoms with Crippen LogP contribution in [0.25, 0.3) is 0 Å². The highest BCUT2D eigenvalue weighted by atomic mass is 31.2. The molecule has 15 nitrogen and oxygen atoms in total. The van der Waals surface area contributed by atoms with E-state index < -0.39 is 48.7 Å².